The molecule has 4 nitrogen and oxygen atoms in total. The highest BCUT2D eigenvalue weighted by molar-refractivity contribution is 5.68. The molecule has 2 unspecified atom stereocenters. The van der Waals surface area contributed by atoms with Crippen molar-refractivity contribution in [3.05, 3.63) is 47.4 Å². The Hall–Kier alpha value is -2.48. The smallest absolute Gasteiger partial charge is 0.133 e. The Kier molecular flexibility index (Phi) is 4.48. The Labute approximate surface area is 142 Å². The maximum absolute atomic E-state index is 14.1. The minimum atomic E-state index is -0.264. The first-order valence-corrected chi connectivity index (χ1v) is 8.37. The normalized spacial score (nSPS) is 20.8. The molecule has 1 aliphatic heterocycles. The van der Waals surface area contributed by atoms with Gasteiger partial charge in [-0.25, -0.2) is 4.39 Å². The second kappa shape index (κ2) is 6.56. The standard InChI is InChI=1S/C19H23FN4/c1-13-7-14(2)11-23(10-13)19-18(22)8-16(9-21)24(19)12-15-5-3-4-6-17(15)20/h3-6,8,13-14H,7,10-12,22H2,1-2H3. The van der Waals surface area contributed by atoms with Crippen molar-refractivity contribution < 1.29 is 4.39 Å². The lowest BCUT2D eigenvalue weighted by molar-refractivity contribution is 0.353. The van der Waals surface area contributed by atoms with E-state index < -0.39 is 0 Å². The van der Waals surface area contributed by atoms with Gasteiger partial charge in [-0.05, 0) is 30.4 Å². The van der Waals surface area contributed by atoms with Gasteiger partial charge < -0.3 is 15.2 Å². The number of benzene rings is 1. The highest BCUT2D eigenvalue weighted by atomic mass is 19.1. The molecule has 3 rings (SSSR count). The topological polar surface area (TPSA) is 58.0 Å². The third-order valence-electron chi connectivity index (χ3n) is 4.67. The van der Waals surface area contributed by atoms with E-state index in [-0.39, 0.29) is 5.82 Å². The zero-order valence-electron chi connectivity index (χ0n) is 14.2. The van der Waals surface area contributed by atoms with Gasteiger partial charge in [-0.1, -0.05) is 32.0 Å². The van der Waals surface area contributed by atoms with Crippen LogP contribution in [-0.4, -0.2) is 17.7 Å². The lowest BCUT2D eigenvalue weighted by Gasteiger charge is -2.37. The predicted octanol–water partition coefficient (Wildman–Crippen LogP) is 3.61. The van der Waals surface area contributed by atoms with E-state index >= 15 is 0 Å². The summed E-state index contributed by atoms with van der Waals surface area (Å²) in [6.07, 6.45) is 1.19. The summed E-state index contributed by atoms with van der Waals surface area (Å²) >= 11 is 0. The van der Waals surface area contributed by atoms with E-state index in [0.29, 0.717) is 35.3 Å². The van der Waals surface area contributed by atoms with Gasteiger partial charge in [-0.3, -0.25) is 0 Å². The molecule has 1 aromatic carbocycles. The number of nitriles is 1. The summed E-state index contributed by atoms with van der Waals surface area (Å²) in [6, 6.07) is 10.6. The SMILES string of the molecule is CC1CC(C)CN(c2c(N)cc(C#N)n2Cc2ccccc2F)C1. The molecule has 0 bridgehead atoms. The predicted molar refractivity (Wildman–Crippen MR) is 94.2 cm³/mol. The van der Waals surface area contributed by atoms with Crippen LogP contribution in [0.5, 0.6) is 0 Å². The Morgan fingerprint density at radius 3 is 2.54 bits per heavy atom. The lowest BCUT2D eigenvalue weighted by Crippen LogP contribution is -2.40. The van der Waals surface area contributed by atoms with Gasteiger partial charge in [0.1, 0.15) is 23.4 Å². The highest BCUT2D eigenvalue weighted by Crippen LogP contribution is 2.33. The molecule has 2 aromatic rings. The average molecular weight is 326 g/mol. The fourth-order valence-corrected chi connectivity index (χ4v) is 3.80. The van der Waals surface area contributed by atoms with E-state index in [4.69, 9.17) is 5.73 Å². The van der Waals surface area contributed by atoms with Crippen LogP contribution in [0.1, 0.15) is 31.5 Å². The summed E-state index contributed by atoms with van der Waals surface area (Å²) < 4.78 is 15.9. The Bertz CT molecular complexity index is 764. The molecule has 1 aliphatic rings. The van der Waals surface area contributed by atoms with Crippen molar-refractivity contribution in [2.75, 3.05) is 23.7 Å². The second-order valence-electron chi connectivity index (χ2n) is 6.95. The number of nitrogens with zero attached hydrogens (tertiary/aromatic N) is 3. The van der Waals surface area contributed by atoms with E-state index in [1.165, 1.54) is 12.5 Å². The van der Waals surface area contributed by atoms with Crippen LogP contribution in [0.2, 0.25) is 0 Å². The largest absolute Gasteiger partial charge is 0.396 e. The summed E-state index contributed by atoms with van der Waals surface area (Å²) in [7, 11) is 0. The van der Waals surface area contributed by atoms with Gasteiger partial charge in [0.25, 0.3) is 0 Å². The van der Waals surface area contributed by atoms with Crippen LogP contribution in [0.3, 0.4) is 0 Å². The molecule has 1 aromatic heterocycles. The van der Waals surface area contributed by atoms with Gasteiger partial charge in [0.05, 0.1) is 12.2 Å². The van der Waals surface area contributed by atoms with Gasteiger partial charge in [-0.15, -0.1) is 0 Å². The van der Waals surface area contributed by atoms with E-state index in [1.807, 2.05) is 10.6 Å². The molecule has 5 heteroatoms. The molecule has 0 radical (unpaired) electrons. The van der Waals surface area contributed by atoms with Crippen molar-refractivity contribution in [1.29, 1.82) is 5.26 Å². The second-order valence-corrected chi connectivity index (χ2v) is 6.95. The third kappa shape index (κ3) is 3.09. The van der Waals surface area contributed by atoms with Crippen LogP contribution in [-0.2, 0) is 6.54 Å². The summed E-state index contributed by atoms with van der Waals surface area (Å²) in [5, 5.41) is 9.47. The molecule has 24 heavy (non-hydrogen) atoms. The van der Waals surface area contributed by atoms with Crippen molar-refractivity contribution >= 4 is 11.5 Å². The maximum Gasteiger partial charge on any atom is 0.133 e. The van der Waals surface area contributed by atoms with Gasteiger partial charge in [-0.2, -0.15) is 5.26 Å². The van der Waals surface area contributed by atoms with E-state index in [1.54, 1.807) is 18.2 Å². The molecule has 2 atom stereocenters. The fourth-order valence-electron chi connectivity index (χ4n) is 3.80. The number of nitrogen functional groups attached to an aromatic ring is 1. The van der Waals surface area contributed by atoms with Crippen LogP contribution >= 0.6 is 0 Å². The highest BCUT2D eigenvalue weighted by Gasteiger charge is 2.27. The van der Waals surface area contributed by atoms with Crippen LogP contribution < -0.4 is 10.6 Å². The number of aromatic nitrogens is 1. The zero-order valence-corrected chi connectivity index (χ0v) is 14.2. The number of anilines is 2. The van der Waals surface area contributed by atoms with Crippen LogP contribution in [0.25, 0.3) is 0 Å². The minimum absolute atomic E-state index is 0.264. The Morgan fingerprint density at radius 2 is 1.92 bits per heavy atom. The molecule has 2 N–H and O–H groups in total. The molecule has 0 amide bonds. The van der Waals surface area contributed by atoms with Crippen molar-refractivity contribution in [1.82, 2.24) is 4.57 Å². The third-order valence-corrected chi connectivity index (χ3v) is 4.67. The maximum atomic E-state index is 14.1. The van der Waals surface area contributed by atoms with E-state index in [2.05, 4.69) is 24.8 Å². The lowest BCUT2D eigenvalue weighted by atomic mass is 9.92. The Morgan fingerprint density at radius 1 is 1.25 bits per heavy atom. The number of hydrogen-bond acceptors (Lipinski definition) is 3. The molecule has 1 fully saturated rings. The van der Waals surface area contributed by atoms with Gasteiger partial charge in [0.15, 0.2) is 0 Å². The first kappa shape index (κ1) is 16.4. The first-order valence-electron chi connectivity index (χ1n) is 8.37. The molecule has 0 aliphatic carbocycles. The molecule has 0 spiro atoms. The molecular formula is C19H23FN4. The summed E-state index contributed by atoms with van der Waals surface area (Å²) in [5.41, 5.74) is 7.84. The van der Waals surface area contributed by atoms with Crippen LogP contribution in [0.15, 0.2) is 30.3 Å². The molecule has 126 valence electrons. The number of nitrogens with two attached hydrogens (primary N) is 1. The van der Waals surface area contributed by atoms with Gasteiger partial charge in [0, 0.05) is 18.7 Å². The fraction of sp³-hybridized carbons (Fsp3) is 0.421. The summed E-state index contributed by atoms with van der Waals surface area (Å²) in [4.78, 5) is 2.25. The molecule has 2 heterocycles. The molecule has 1 saturated heterocycles. The number of piperidine rings is 1. The van der Waals surface area contributed by atoms with Gasteiger partial charge >= 0.3 is 0 Å². The van der Waals surface area contributed by atoms with Crippen LogP contribution in [0, 0.1) is 29.0 Å². The quantitative estimate of drug-likeness (QED) is 0.937. The van der Waals surface area contributed by atoms with Crippen molar-refractivity contribution in [3.63, 3.8) is 0 Å². The molecular weight excluding hydrogens is 303 g/mol. The average Bonchev–Trinajstić information content (AvgIpc) is 2.84. The van der Waals surface area contributed by atoms with Gasteiger partial charge in [0.2, 0.25) is 0 Å². The van der Waals surface area contributed by atoms with E-state index in [0.717, 1.165) is 18.9 Å². The van der Waals surface area contributed by atoms with Crippen molar-refractivity contribution in [3.8, 4) is 6.07 Å². The number of halogens is 1. The van der Waals surface area contributed by atoms with Crippen molar-refractivity contribution in [2.24, 2.45) is 11.8 Å². The number of hydrogen-bond donors (Lipinski definition) is 1. The first-order chi connectivity index (χ1) is 11.5. The van der Waals surface area contributed by atoms with Crippen LogP contribution in [0.4, 0.5) is 15.9 Å². The number of rotatable bonds is 3. The zero-order chi connectivity index (χ0) is 17.3. The minimum Gasteiger partial charge on any atom is -0.396 e. The Balaban J connectivity index is 2.02. The summed E-state index contributed by atoms with van der Waals surface area (Å²) in [5.74, 6) is 1.71. The molecule has 0 saturated carbocycles. The summed E-state index contributed by atoms with van der Waals surface area (Å²) in [6.45, 7) is 6.57. The van der Waals surface area contributed by atoms with Crippen molar-refractivity contribution in [2.45, 2.75) is 26.8 Å². The monoisotopic (exact) mass is 326 g/mol. The van der Waals surface area contributed by atoms with E-state index in [9.17, 15) is 9.65 Å².